The average molecular weight is 401 g/mol. The molecule has 0 amide bonds. The minimum absolute atomic E-state index is 0.0423. The van der Waals surface area contributed by atoms with Crippen LogP contribution in [0.2, 0.25) is 0 Å². The molecular weight excluding hydrogens is 378 g/mol. The summed E-state index contributed by atoms with van der Waals surface area (Å²) in [4.78, 5) is 19.6. The number of rotatable bonds is 5. The monoisotopic (exact) mass is 401 g/mol. The van der Waals surface area contributed by atoms with Crippen molar-refractivity contribution in [1.82, 2.24) is 19.9 Å². The van der Waals surface area contributed by atoms with Crippen molar-refractivity contribution in [2.24, 2.45) is 0 Å². The summed E-state index contributed by atoms with van der Waals surface area (Å²) in [6.07, 6.45) is 5.88. The Bertz CT molecular complexity index is 1090. The number of hydrogen-bond donors (Lipinski definition) is 1. The number of fused-ring (bicyclic) bond motifs is 1. The van der Waals surface area contributed by atoms with Gasteiger partial charge in [-0.3, -0.25) is 0 Å². The van der Waals surface area contributed by atoms with Crippen LogP contribution in [-0.2, 0) is 13.0 Å². The van der Waals surface area contributed by atoms with Gasteiger partial charge in [0, 0.05) is 43.0 Å². The summed E-state index contributed by atoms with van der Waals surface area (Å²) in [5.74, 6) is 0.790. The highest BCUT2D eigenvalue weighted by molar-refractivity contribution is 5.63. The maximum Gasteiger partial charge on any atom is 0.316 e. The number of ether oxygens (including phenoxy) is 1. The van der Waals surface area contributed by atoms with E-state index in [2.05, 4.69) is 36.2 Å². The van der Waals surface area contributed by atoms with Crippen LogP contribution in [0.1, 0.15) is 40.9 Å². The maximum atomic E-state index is 9.57. The van der Waals surface area contributed by atoms with Crippen molar-refractivity contribution in [1.29, 1.82) is 5.26 Å². The lowest BCUT2D eigenvalue weighted by Crippen LogP contribution is -2.32. The van der Waals surface area contributed by atoms with Gasteiger partial charge < -0.3 is 15.0 Å². The van der Waals surface area contributed by atoms with E-state index in [1.165, 1.54) is 0 Å². The van der Waals surface area contributed by atoms with Gasteiger partial charge in [-0.2, -0.15) is 5.26 Å². The molecule has 1 atom stereocenters. The lowest BCUT2D eigenvalue weighted by molar-refractivity contribution is 0.379. The summed E-state index contributed by atoms with van der Waals surface area (Å²) in [6.45, 7) is 5.48. The zero-order valence-corrected chi connectivity index (χ0v) is 17.3. The molecule has 1 aliphatic rings. The van der Waals surface area contributed by atoms with Gasteiger partial charge in [-0.15, -0.1) is 0 Å². The van der Waals surface area contributed by atoms with E-state index < -0.39 is 0 Å². The molecule has 1 N–H and O–H groups in total. The van der Waals surface area contributed by atoms with Gasteiger partial charge in [0.15, 0.2) is 0 Å². The molecule has 0 aliphatic carbocycles. The molecule has 1 aliphatic heterocycles. The largest absolute Gasteiger partial charge is 0.467 e. The zero-order chi connectivity index (χ0) is 21.1. The second-order valence-corrected chi connectivity index (χ2v) is 7.32. The average Bonchev–Trinajstić information content (AvgIpc) is 2.79. The van der Waals surface area contributed by atoms with Crippen molar-refractivity contribution in [3.63, 3.8) is 0 Å². The number of aromatic nitrogens is 4. The van der Waals surface area contributed by atoms with Crippen LogP contribution in [0.25, 0.3) is 0 Å². The summed E-state index contributed by atoms with van der Waals surface area (Å²) in [6, 6.07) is 8.61. The van der Waals surface area contributed by atoms with Crippen LogP contribution in [-0.4, -0.2) is 33.6 Å². The van der Waals surface area contributed by atoms with E-state index in [0.29, 0.717) is 18.1 Å². The van der Waals surface area contributed by atoms with E-state index in [-0.39, 0.29) is 6.04 Å². The first-order chi connectivity index (χ1) is 14.6. The quantitative estimate of drug-likeness (QED) is 0.696. The normalized spacial score (nSPS) is 13.9. The molecule has 8 nitrogen and oxygen atoms in total. The summed E-state index contributed by atoms with van der Waals surface area (Å²) in [5, 5.41) is 13.0. The highest BCUT2D eigenvalue weighted by Crippen LogP contribution is 2.31. The first kappa shape index (κ1) is 19.6. The number of aryl methyl sites for hydroxylation is 1. The summed E-state index contributed by atoms with van der Waals surface area (Å²) in [7, 11) is 1.54. The summed E-state index contributed by atoms with van der Waals surface area (Å²) < 4.78 is 5.03. The minimum atomic E-state index is -0.0423. The maximum absolute atomic E-state index is 9.57. The van der Waals surface area contributed by atoms with Gasteiger partial charge in [0.2, 0.25) is 0 Å². The van der Waals surface area contributed by atoms with Gasteiger partial charge >= 0.3 is 6.01 Å². The second kappa shape index (κ2) is 8.33. The molecule has 3 heterocycles. The fraction of sp³-hybridized carbons (Fsp3) is 0.318. The van der Waals surface area contributed by atoms with Crippen LogP contribution in [0.4, 0.5) is 11.5 Å². The van der Waals surface area contributed by atoms with Gasteiger partial charge in [-0.25, -0.2) is 19.9 Å². The number of methoxy groups -OCH3 is 1. The number of nitrogens with zero attached hydrogens (tertiary/aromatic N) is 6. The van der Waals surface area contributed by atoms with Crippen molar-refractivity contribution in [3.05, 3.63) is 64.9 Å². The lowest BCUT2D eigenvalue weighted by Gasteiger charge is -2.32. The van der Waals surface area contributed by atoms with E-state index in [4.69, 9.17) is 4.74 Å². The standard InChI is InChI=1S/C22H23N7O/c1-14-4-5-20(16(8-14)9-23)29-7-6-19-18(12-29)21(27-13-26-19)28-15(2)17-10-24-22(30-3)25-11-17/h4-5,8,10-11,13,15H,6-7,12H2,1-3H3,(H,26,27,28)/t15-/m1/s1. The highest BCUT2D eigenvalue weighted by Gasteiger charge is 2.24. The number of hydrogen-bond acceptors (Lipinski definition) is 8. The van der Waals surface area contributed by atoms with Crippen LogP contribution < -0.4 is 15.0 Å². The molecule has 0 saturated carbocycles. The Hall–Kier alpha value is -3.73. The zero-order valence-electron chi connectivity index (χ0n) is 17.3. The number of anilines is 2. The molecule has 152 valence electrons. The van der Waals surface area contributed by atoms with Crippen LogP contribution in [0.5, 0.6) is 6.01 Å². The third kappa shape index (κ3) is 3.87. The first-order valence-corrected chi connectivity index (χ1v) is 9.80. The molecule has 2 aromatic heterocycles. The van der Waals surface area contributed by atoms with Crippen molar-refractivity contribution < 1.29 is 4.74 Å². The molecule has 0 radical (unpaired) electrons. The summed E-state index contributed by atoms with van der Waals surface area (Å²) in [5.41, 5.74) is 5.73. The predicted octanol–water partition coefficient (Wildman–Crippen LogP) is 3.19. The number of nitriles is 1. The van der Waals surface area contributed by atoms with Gasteiger partial charge in [-0.05, 0) is 31.5 Å². The predicted molar refractivity (Wildman–Crippen MR) is 113 cm³/mol. The van der Waals surface area contributed by atoms with Crippen LogP contribution in [0.15, 0.2) is 36.9 Å². The van der Waals surface area contributed by atoms with E-state index in [9.17, 15) is 5.26 Å². The van der Waals surface area contributed by atoms with Crippen molar-refractivity contribution in [2.75, 3.05) is 23.9 Å². The summed E-state index contributed by atoms with van der Waals surface area (Å²) >= 11 is 0. The van der Waals surface area contributed by atoms with Crippen molar-refractivity contribution in [2.45, 2.75) is 32.9 Å². The highest BCUT2D eigenvalue weighted by atomic mass is 16.5. The number of benzene rings is 1. The molecule has 0 fully saturated rings. The molecule has 8 heteroatoms. The van der Waals surface area contributed by atoms with Crippen LogP contribution in [0, 0.1) is 18.3 Å². The number of nitrogens with one attached hydrogen (secondary N) is 1. The Labute approximate surface area is 175 Å². The molecule has 0 saturated heterocycles. The second-order valence-electron chi connectivity index (χ2n) is 7.32. The van der Waals surface area contributed by atoms with Gasteiger partial charge in [0.05, 0.1) is 30.1 Å². The minimum Gasteiger partial charge on any atom is -0.467 e. The molecule has 0 unspecified atom stereocenters. The lowest BCUT2D eigenvalue weighted by atomic mass is 10.0. The van der Waals surface area contributed by atoms with Gasteiger partial charge in [0.25, 0.3) is 0 Å². The molecule has 30 heavy (non-hydrogen) atoms. The van der Waals surface area contributed by atoms with Gasteiger partial charge in [0.1, 0.15) is 18.2 Å². The third-order valence-corrected chi connectivity index (χ3v) is 5.30. The Morgan fingerprint density at radius 3 is 2.73 bits per heavy atom. The van der Waals surface area contributed by atoms with E-state index in [0.717, 1.165) is 46.9 Å². The molecule has 0 spiro atoms. The van der Waals surface area contributed by atoms with E-state index in [1.54, 1.807) is 25.8 Å². The molecule has 0 bridgehead atoms. The molecular formula is C22H23N7O. The van der Waals surface area contributed by atoms with Crippen molar-refractivity contribution >= 4 is 11.5 Å². The first-order valence-electron chi connectivity index (χ1n) is 9.80. The topological polar surface area (TPSA) is 99.9 Å². The Balaban J connectivity index is 1.59. The third-order valence-electron chi connectivity index (χ3n) is 5.30. The Kier molecular flexibility index (Phi) is 5.44. The fourth-order valence-electron chi connectivity index (χ4n) is 3.63. The Morgan fingerprint density at radius 1 is 1.20 bits per heavy atom. The SMILES string of the molecule is COc1ncc([C@@H](C)Nc2ncnc3c2CN(c2ccc(C)cc2C#N)CC3)cn1. The van der Waals surface area contributed by atoms with E-state index >= 15 is 0 Å². The smallest absolute Gasteiger partial charge is 0.316 e. The van der Waals surface area contributed by atoms with Crippen LogP contribution >= 0.6 is 0 Å². The molecule has 4 rings (SSSR count). The molecule has 3 aromatic rings. The van der Waals surface area contributed by atoms with Gasteiger partial charge in [-0.1, -0.05) is 6.07 Å². The fourth-order valence-corrected chi connectivity index (χ4v) is 3.63. The van der Waals surface area contributed by atoms with Crippen LogP contribution in [0.3, 0.4) is 0 Å². The van der Waals surface area contributed by atoms with Crippen molar-refractivity contribution in [3.8, 4) is 12.1 Å². The molecule has 1 aromatic carbocycles. The van der Waals surface area contributed by atoms with E-state index in [1.807, 2.05) is 32.0 Å². The Morgan fingerprint density at radius 2 is 2.00 bits per heavy atom.